The maximum Gasteiger partial charge on any atom is 0.273 e. The van der Waals surface area contributed by atoms with E-state index in [0.717, 1.165) is 48.4 Å². The van der Waals surface area contributed by atoms with Crippen LogP contribution in [0.15, 0.2) is 59.2 Å². The molecule has 2 aromatic carbocycles. The molecule has 1 saturated heterocycles. The fourth-order valence-electron chi connectivity index (χ4n) is 5.31. The summed E-state index contributed by atoms with van der Waals surface area (Å²) in [7, 11) is 3.77. The molecule has 1 fully saturated rings. The summed E-state index contributed by atoms with van der Waals surface area (Å²) in [6.45, 7) is 20.8. The third kappa shape index (κ3) is 12.7. The second-order valence-electron chi connectivity index (χ2n) is 11.9. The van der Waals surface area contributed by atoms with E-state index in [-0.39, 0.29) is 16.7 Å². The molecule has 5 rings (SSSR count). The number of carbonyl (C=O) groups is 1. The molecule has 0 radical (unpaired) electrons. The Kier molecular flexibility index (Phi) is 18.6. The van der Waals surface area contributed by atoms with Crippen LogP contribution < -0.4 is 5.32 Å². The Morgan fingerprint density at radius 2 is 1.71 bits per heavy atom. The van der Waals surface area contributed by atoms with Crippen LogP contribution in [0.3, 0.4) is 0 Å². The van der Waals surface area contributed by atoms with Crippen LogP contribution in [0.1, 0.15) is 81.1 Å². The number of halogens is 1. The van der Waals surface area contributed by atoms with Crippen LogP contribution in [0.2, 0.25) is 0 Å². The van der Waals surface area contributed by atoms with Crippen molar-refractivity contribution in [3.8, 4) is 0 Å². The Hall–Kier alpha value is -2.98. The van der Waals surface area contributed by atoms with Gasteiger partial charge in [-0.15, -0.1) is 0 Å². The van der Waals surface area contributed by atoms with Gasteiger partial charge in [0.2, 0.25) is 0 Å². The number of piperazine rings is 1. The van der Waals surface area contributed by atoms with Crippen LogP contribution in [0.25, 0.3) is 0 Å². The summed E-state index contributed by atoms with van der Waals surface area (Å²) in [5.41, 5.74) is 7.85. The highest BCUT2D eigenvalue weighted by molar-refractivity contribution is 9.10. The fourth-order valence-corrected chi connectivity index (χ4v) is 5.69. The van der Waals surface area contributed by atoms with Crippen LogP contribution in [0, 0.1) is 23.0 Å². The Morgan fingerprint density at radius 1 is 1.09 bits per heavy atom. The number of benzene rings is 2. The molecule has 3 aromatic rings. The largest absolute Gasteiger partial charge is 0.314 e. The van der Waals surface area contributed by atoms with Crippen LogP contribution in [0.4, 0.5) is 5.69 Å². The first-order valence-corrected chi connectivity index (χ1v) is 16.6. The van der Waals surface area contributed by atoms with Crippen LogP contribution in [-0.2, 0) is 24.2 Å². The van der Waals surface area contributed by atoms with E-state index in [1.165, 1.54) is 34.0 Å². The number of hydrogen-bond donors (Lipinski definition) is 1. The van der Waals surface area contributed by atoms with Gasteiger partial charge in [-0.05, 0) is 85.4 Å². The topological polar surface area (TPSA) is 91.6 Å². The number of carbonyl (C=O) groups excluding carboxylic acids is 1. The highest BCUT2D eigenvalue weighted by Crippen LogP contribution is 2.38. The first kappa shape index (κ1) is 40.0. The number of para-hydroxylation sites is 1. The summed E-state index contributed by atoms with van der Waals surface area (Å²) < 4.78 is 1.08. The summed E-state index contributed by atoms with van der Waals surface area (Å²) in [6.07, 6.45) is 4.12. The second-order valence-corrected chi connectivity index (χ2v) is 12.9. The zero-order valence-electron chi connectivity index (χ0n) is 28.8. The Balaban J connectivity index is 0.000000408. The maximum absolute atomic E-state index is 10.6. The minimum atomic E-state index is -0.348. The van der Waals surface area contributed by atoms with Gasteiger partial charge in [-0.1, -0.05) is 76.6 Å². The molecule has 9 heteroatoms. The lowest BCUT2D eigenvalue weighted by molar-refractivity contribution is -0.385. The zero-order valence-corrected chi connectivity index (χ0v) is 30.4. The minimum Gasteiger partial charge on any atom is -0.314 e. The van der Waals surface area contributed by atoms with E-state index in [0.29, 0.717) is 12.6 Å². The van der Waals surface area contributed by atoms with Crippen LogP contribution >= 0.6 is 15.9 Å². The average molecular weight is 685 g/mol. The number of hydrogen-bond acceptors (Lipinski definition) is 7. The molecule has 1 aliphatic heterocycles. The van der Waals surface area contributed by atoms with E-state index in [4.69, 9.17) is 9.78 Å². The molecule has 2 unspecified atom stereocenters. The molecule has 2 atom stereocenters. The van der Waals surface area contributed by atoms with Crippen molar-refractivity contribution >= 4 is 28.4 Å². The number of nitro benzene ring substituents is 1. The predicted octanol–water partition coefficient (Wildman–Crippen LogP) is 7.79. The van der Waals surface area contributed by atoms with Crippen molar-refractivity contribution in [3.63, 3.8) is 0 Å². The summed E-state index contributed by atoms with van der Waals surface area (Å²) in [5, 5.41) is 14.1. The first-order valence-electron chi connectivity index (χ1n) is 15.8. The lowest BCUT2D eigenvalue weighted by atomic mass is 9.93. The molecule has 2 heterocycles. The predicted molar refractivity (Wildman–Crippen MR) is 191 cm³/mol. The average Bonchev–Trinajstić information content (AvgIpc) is 3.15. The molecular weight excluding hydrogens is 630 g/mol. The Morgan fingerprint density at radius 3 is 2.31 bits per heavy atom. The number of nitrogens with zero attached hydrogens (tertiary/aromatic N) is 4. The molecular formula is C36H54BrN5O3. The number of rotatable bonds is 4. The molecule has 0 saturated carbocycles. The lowest BCUT2D eigenvalue weighted by Crippen LogP contribution is -2.51. The summed E-state index contributed by atoms with van der Waals surface area (Å²) in [6, 6.07) is 16.8. The molecule has 0 bridgehead atoms. The van der Waals surface area contributed by atoms with E-state index in [9.17, 15) is 10.1 Å². The number of aryl methyl sites for hydroxylation is 3. The number of nitro groups is 1. The van der Waals surface area contributed by atoms with Crippen molar-refractivity contribution in [2.24, 2.45) is 5.92 Å². The highest BCUT2D eigenvalue weighted by atomic mass is 79.9. The second kappa shape index (κ2) is 20.9. The molecule has 0 spiro atoms. The van der Waals surface area contributed by atoms with Crippen molar-refractivity contribution in [1.29, 1.82) is 0 Å². The van der Waals surface area contributed by atoms with Gasteiger partial charge in [0.05, 0.1) is 16.7 Å². The zero-order chi connectivity index (χ0) is 34.1. The van der Waals surface area contributed by atoms with Gasteiger partial charge in [0.1, 0.15) is 6.79 Å². The standard InChI is InChI=1S/C20H24BrN3.C9H12N2O2.C4H10.C2H6.CH2O/c1-13-3-6-18-15(9-13)4-5-16-10-17(21)12-23-19(16)20(18)24-8-7-22-11-14(24)2;1-10(2)7-8-5-3-4-6-9(8)11(12)13;1-4(2)3;2*1-2/h3,6,9-10,12,14,20,22H,4-5,7-8,11H2,1-2H3;3-6H,7H2,1-2H3;4H,1-3H3;1-2H3;1H2. The van der Waals surface area contributed by atoms with E-state index in [2.05, 4.69) is 85.0 Å². The molecule has 1 aromatic heterocycles. The number of aromatic nitrogens is 1. The summed E-state index contributed by atoms with van der Waals surface area (Å²) in [4.78, 5) is 27.7. The monoisotopic (exact) mass is 683 g/mol. The molecule has 2 aliphatic rings. The molecule has 1 aliphatic carbocycles. The number of fused-ring (bicyclic) bond motifs is 2. The van der Waals surface area contributed by atoms with Gasteiger partial charge in [-0.3, -0.25) is 20.0 Å². The van der Waals surface area contributed by atoms with E-state index >= 15 is 0 Å². The Bertz CT molecular complexity index is 1260. The number of pyridine rings is 1. The van der Waals surface area contributed by atoms with Crippen LogP contribution in [0.5, 0.6) is 0 Å². The third-order valence-electron chi connectivity index (χ3n) is 7.04. The highest BCUT2D eigenvalue weighted by Gasteiger charge is 2.33. The number of nitrogens with one attached hydrogen (secondary N) is 1. The fraction of sp³-hybridized carbons (Fsp3) is 0.500. The molecule has 45 heavy (non-hydrogen) atoms. The normalized spacial score (nSPS) is 16.9. The van der Waals surface area contributed by atoms with E-state index < -0.39 is 0 Å². The molecule has 248 valence electrons. The van der Waals surface area contributed by atoms with Crippen molar-refractivity contribution in [1.82, 2.24) is 20.1 Å². The summed E-state index contributed by atoms with van der Waals surface area (Å²) in [5.74, 6) is 0.833. The maximum atomic E-state index is 10.6. The van der Waals surface area contributed by atoms with Crippen molar-refractivity contribution < 1.29 is 9.72 Å². The quantitative estimate of drug-likeness (QED) is 0.222. The van der Waals surface area contributed by atoms with Gasteiger partial charge >= 0.3 is 0 Å². The lowest BCUT2D eigenvalue weighted by Gasteiger charge is -2.40. The van der Waals surface area contributed by atoms with Gasteiger partial charge in [-0.25, -0.2) is 0 Å². The van der Waals surface area contributed by atoms with Gasteiger partial charge in [-0.2, -0.15) is 0 Å². The van der Waals surface area contributed by atoms with Crippen molar-refractivity contribution in [3.05, 3.63) is 103 Å². The van der Waals surface area contributed by atoms with E-state index in [1.807, 2.05) is 51.9 Å². The van der Waals surface area contributed by atoms with Gasteiger partial charge < -0.3 is 15.0 Å². The molecule has 0 amide bonds. The Labute approximate surface area is 279 Å². The van der Waals surface area contributed by atoms with Crippen molar-refractivity contribution in [2.45, 2.75) is 79.9 Å². The van der Waals surface area contributed by atoms with Crippen LogP contribution in [-0.4, -0.2) is 66.3 Å². The van der Waals surface area contributed by atoms with Gasteiger partial charge in [0, 0.05) is 54.5 Å². The van der Waals surface area contributed by atoms with Crippen molar-refractivity contribution in [2.75, 3.05) is 33.7 Å². The van der Waals surface area contributed by atoms with Gasteiger partial charge in [0.15, 0.2) is 0 Å². The SMILES string of the molecule is C=O.CC.CC(C)C.CN(C)Cc1ccccc1[N+](=O)[O-].Cc1ccc2c(c1)CCc1cc(Br)cnc1C2N1CCNCC1C. The van der Waals surface area contributed by atoms with Gasteiger partial charge in [0.25, 0.3) is 5.69 Å². The molecule has 8 nitrogen and oxygen atoms in total. The first-order chi connectivity index (χ1) is 21.5. The summed E-state index contributed by atoms with van der Waals surface area (Å²) >= 11 is 3.60. The van der Waals surface area contributed by atoms with E-state index in [1.54, 1.807) is 12.1 Å². The smallest absolute Gasteiger partial charge is 0.273 e. The minimum absolute atomic E-state index is 0.191. The molecule has 1 N–H and O–H groups in total. The third-order valence-corrected chi connectivity index (χ3v) is 7.48.